The predicted molar refractivity (Wildman–Crippen MR) is 57.5 cm³/mol. The van der Waals surface area contributed by atoms with Gasteiger partial charge in [-0.05, 0) is 30.2 Å². The van der Waals surface area contributed by atoms with Gasteiger partial charge in [0.05, 0.1) is 5.52 Å². The molecule has 0 aliphatic heterocycles. The molecule has 0 bridgehead atoms. The van der Waals surface area contributed by atoms with Crippen LogP contribution >= 0.6 is 0 Å². The molecular weight excluding hydrogens is 198 g/mol. The Morgan fingerprint density at radius 2 is 2.07 bits per heavy atom. The molecule has 1 aromatic carbocycles. The zero-order valence-corrected chi connectivity index (χ0v) is 8.64. The van der Waals surface area contributed by atoms with Crippen molar-refractivity contribution in [1.82, 2.24) is 4.79 Å². The van der Waals surface area contributed by atoms with E-state index in [1.165, 1.54) is 6.07 Å². The molecule has 0 fully saturated rings. The van der Waals surface area contributed by atoms with Gasteiger partial charge in [0.25, 0.3) is 0 Å². The Kier molecular flexibility index (Phi) is 2.34. The SMILES string of the molecule is CNc1cc2c(C)cc(CF)cc2n1F. The van der Waals surface area contributed by atoms with Gasteiger partial charge in [-0.25, -0.2) is 4.39 Å². The van der Waals surface area contributed by atoms with Crippen LogP contribution in [0.5, 0.6) is 0 Å². The third-order valence-electron chi connectivity index (χ3n) is 2.54. The number of hydrogen-bond donors (Lipinski definition) is 1. The van der Waals surface area contributed by atoms with Crippen molar-refractivity contribution < 1.29 is 8.87 Å². The molecule has 80 valence electrons. The largest absolute Gasteiger partial charge is 0.373 e. The fraction of sp³-hybridized carbons (Fsp3) is 0.273. The number of halogens is 2. The van der Waals surface area contributed by atoms with E-state index in [1.807, 2.05) is 6.92 Å². The standard InChI is InChI=1S/C11H12F2N2/c1-7-3-8(6-12)4-10-9(7)5-11(14-2)15(10)13/h3-5,14H,6H2,1-2H3. The minimum atomic E-state index is -0.573. The Morgan fingerprint density at radius 1 is 1.33 bits per heavy atom. The highest BCUT2D eigenvalue weighted by Gasteiger charge is 2.10. The van der Waals surface area contributed by atoms with Crippen LogP contribution in [0.4, 0.5) is 14.7 Å². The number of hydrogen-bond acceptors (Lipinski definition) is 1. The highest BCUT2D eigenvalue weighted by molar-refractivity contribution is 5.88. The van der Waals surface area contributed by atoms with Crippen LogP contribution in [-0.4, -0.2) is 11.8 Å². The molecular formula is C11H12F2N2. The van der Waals surface area contributed by atoms with Gasteiger partial charge in [0, 0.05) is 12.4 Å². The molecule has 0 saturated heterocycles. The molecule has 4 heteroatoms. The summed E-state index contributed by atoms with van der Waals surface area (Å²) in [5, 5.41) is 3.55. The summed E-state index contributed by atoms with van der Waals surface area (Å²) in [5.74, 6) is 0.379. The number of fused-ring (bicyclic) bond motifs is 1. The summed E-state index contributed by atoms with van der Waals surface area (Å²) in [6.07, 6.45) is 0. The Labute approximate surface area is 86.4 Å². The fourth-order valence-corrected chi connectivity index (χ4v) is 1.77. The first-order chi connectivity index (χ1) is 7.17. The summed E-state index contributed by atoms with van der Waals surface area (Å²) in [7, 11) is 1.65. The maximum Gasteiger partial charge on any atom is 0.137 e. The maximum absolute atomic E-state index is 13.7. The van der Waals surface area contributed by atoms with Crippen LogP contribution in [-0.2, 0) is 6.67 Å². The second kappa shape index (κ2) is 3.53. The number of rotatable bonds is 2. The minimum Gasteiger partial charge on any atom is -0.373 e. The molecule has 0 saturated carbocycles. The van der Waals surface area contributed by atoms with Crippen LogP contribution in [0.3, 0.4) is 0 Å². The molecule has 2 rings (SSSR count). The third-order valence-corrected chi connectivity index (χ3v) is 2.54. The van der Waals surface area contributed by atoms with Crippen molar-refractivity contribution in [3.05, 3.63) is 29.3 Å². The first kappa shape index (κ1) is 9.96. The van der Waals surface area contributed by atoms with Gasteiger partial charge in [-0.2, -0.15) is 4.79 Å². The first-order valence-corrected chi connectivity index (χ1v) is 4.72. The zero-order chi connectivity index (χ0) is 11.0. The average Bonchev–Trinajstić information content (AvgIpc) is 2.56. The lowest BCUT2D eigenvalue weighted by Crippen LogP contribution is -1.93. The van der Waals surface area contributed by atoms with Gasteiger partial charge in [-0.15, -0.1) is 0 Å². The number of nitrogens with zero attached hydrogens (tertiary/aromatic N) is 1. The van der Waals surface area contributed by atoms with Crippen molar-refractivity contribution in [2.75, 3.05) is 12.4 Å². The molecule has 0 atom stereocenters. The second-order valence-electron chi connectivity index (χ2n) is 3.54. The van der Waals surface area contributed by atoms with Crippen molar-refractivity contribution in [3.8, 4) is 0 Å². The Bertz CT molecular complexity index is 503. The molecule has 2 nitrogen and oxygen atoms in total. The molecule has 0 amide bonds. The molecule has 2 aromatic rings. The van der Waals surface area contributed by atoms with E-state index in [1.54, 1.807) is 19.2 Å². The quantitative estimate of drug-likeness (QED) is 0.805. The summed E-state index contributed by atoms with van der Waals surface area (Å²) in [5.41, 5.74) is 1.79. The van der Waals surface area contributed by atoms with Crippen LogP contribution in [0.2, 0.25) is 0 Å². The van der Waals surface area contributed by atoms with Gasteiger partial charge >= 0.3 is 0 Å². The molecule has 1 heterocycles. The summed E-state index contributed by atoms with van der Waals surface area (Å²) in [6.45, 7) is 1.28. The van der Waals surface area contributed by atoms with Crippen molar-refractivity contribution >= 4 is 16.7 Å². The lowest BCUT2D eigenvalue weighted by atomic mass is 10.1. The molecule has 0 aliphatic carbocycles. The monoisotopic (exact) mass is 210 g/mol. The lowest BCUT2D eigenvalue weighted by molar-refractivity contribution is 0.394. The molecule has 1 aromatic heterocycles. The van der Waals surface area contributed by atoms with E-state index in [9.17, 15) is 8.87 Å². The molecule has 0 unspecified atom stereocenters. The van der Waals surface area contributed by atoms with E-state index in [0.29, 0.717) is 21.7 Å². The summed E-state index contributed by atoms with van der Waals surface area (Å²) >= 11 is 0. The number of alkyl halides is 1. The van der Waals surface area contributed by atoms with Crippen molar-refractivity contribution in [2.24, 2.45) is 0 Å². The molecule has 0 spiro atoms. The van der Waals surface area contributed by atoms with Crippen molar-refractivity contribution in [2.45, 2.75) is 13.6 Å². The zero-order valence-electron chi connectivity index (χ0n) is 8.64. The fourth-order valence-electron chi connectivity index (χ4n) is 1.77. The van der Waals surface area contributed by atoms with Crippen LogP contribution in [0.15, 0.2) is 18.2 Å². The predicted octanol–water partition coefficient (Wildman–Crippen LogP) is 3.19. The van der Waals surface area contributed by atoms with Crippen molar-refractivity contribution in [1.29, 1.82) is 0 Å². The van der Waals surface area contributed by atoms with E-state index < -0.39 is 6.67 Å². The highest BCUT2D eigenvalue weighted by atomic mass is 19.2. The lowest BCUT2D eigenvalue weighted by Gasteiger charge is -2.01. The Hall–Kier alpha value is -1.58. The normalized spacial score (nSPS) is 10.9. The van der Waals surface area contributed by atoms with Gasteiger partial charge in [0.1, 0.15) is 12.5 Å². The van der Waals surface area contributed by atoms with Crippen LogP contribution in [0, 0.1) is 6.92 Å². The Balaban J connectivity index is 2.77. The van der Waals surface area contributed by atoms with Crippen LogP contribution < -0.4 is 5.32 Å². The van der Waals surface area contributed by atoms with Gasteiger partial charge in [-0.3, -0.25) is 0 Å². The van der Waals surface area contributed by atoms with Crippen LogP contribution in [0.25, 0.3) is 10.9 Å². The number of aromatic nitrogens is 1. The van der Waals surface area contributed by atoms with Gasteiger partial charge in [0.2, 0.25) is 0 Å². The first-order valence-electron chi connectivity index (χ1n) is 4.72. The van der Waals surface area contributed by atoms with Gasteiger partial charge in [-0.1, -0.05) is 10.5 Å². The molecule has 15 heavy (non-hydrogen) atoms. The van der Waals surface area contributed by atoms with Gasteiger partial charge < -0.3 is 5.32 Å². The third kappa shape index (κ3) is 1.46. The Morgan fingerprint density at radius 3 is 2.67 bits per heavy atom. The van der Waals surface area contributed by atoms with Crippen molar-refractivity contribution in [3.63, 3.8) is 0 Å². The highest BCUT2D eigenvalue weighted by Crippen LogP contribution is 2.27. The average molecular weight is 210 g/mol. The van der Waals surface area contributed by atoms with E-state index in [4.69, 9.17) is 0 Å². The summed E-state index contributed by atoms with van der Waals surface area (Å²) in [4.78, 5) is 0.543. The molecule has 0 aliphatic rings. The second-order valence-corrected chi connectivity index (χ2v) is 3.54. The summed E-state index contributed by atoms with van der Waals surface area (Å²) < 4.78 is 26.2. The topological polar surface area (TPSA) is 17.0 Å². The van der Waals surface area contributed by atoms with E-state index in [2.05, 4.69) is 5.32 Å². The van der Waals surface area contributed by atoms with E-state index >= 15 is 0 Å². The van der Waals surface area contributed by atoms with Crippen LogP contribution in [0.1, 0.15) is 11.1 Å². The minimum absolute atomic E-state index is 0.379. The van der Waals surface area contributed by atoms with E-state index in [-0.39, 0.29) is 0 Å². The maximum atomic E-state index is 13.7. The number of aryl methyl sites for hydroxylation is 1. The number of benzene rings is 1. The molecule has 1 N–H and O–H groups in total. The molecule has 0 radical (unpaired) electrons. The van der Waals surface area contributed by atoms with Gasteiger partial charge in [0.15, 0.2) is 0 Å². The number of anilines is 1. The van der Waals surface area contributed by atoms with E-state index in [0.717, 1.165) is 10.9 Å². The smallest absolute Gasteiger partial charge is 0.137 e. The number of nitrogens with one attached hydrogen (secondary N) is 1. The summed E-state index contributed by atoms with van der Waals surface area (Å²) in [6, 6.07) is 4.98.